The molecule has 1 unspecified atom stereocenters. The molecule has 0 spiro atoms. The first-order chi connectivity index (χ1) is 14.0. The highest BCUT2D eigenvalue weighted by Gasteiger charge is 2.32. The van der Waals surface area contributed by atoms with E-state index < -0.39 is 7.37 Å². The standard InChI is InChI=1S/C20H29N4O4P/c21-20-23-19(28-24-20)16-8-4-7-15(9-16)18-11-27-17(10-22-18)13-29(25,26)12-14-5-2-1-3-6-14/h4,7-9,14,17-18,22H,1-3,5-6,10-13H2,(H2,21,24)(H,25,26)/t17-,18-/m1/s1. The summed E-state index contributed by atoms with van der Waals surface area (Å²) in [6, 6.07) is 7.78. The fourth-order valence-corrected chi connectivity index (χ4v) is 6.55. The molecule has 0 bridgehead atoms. The molecule has 2 aliphatic rings. The van der Waals surface area contributed by atoms with Crippen LogP contribution < -0.4 is 11.1 Å². The van der Waals surface area contributed by atoms with E-state index in [9.17, 15) is 9.46 Å². The number of morpholine rings is 1. The molecule has 9 heteroatoms. The summed E-state index contributed by atoms with van der Waals surface area (Å²) in [7, 11) is -3.17. The number of nitrogens with one attached hydrogen (secondary N) is 1. The van der Waals surface area contributed by atoms with E-state index in [0.29, 0.717) is 31.1 Å². The SMILES string of the molecule is Nc1noc(-c2cccc([C@H]3CO[C@@H](CP(=O)(O)CC4CCCCC4)CN3)c2)n1. The summed E-state index contributed by atoms with van der Waals surface area (Å²) in [5, 5.41) is 7.07. The van der Waals surface area contributed by atoms with Gasteiger partial charge in [-0.15, -0.1) is 0 Å². The van der Waals surface area contributed by atoms with Crippen LogP contribution in [-0.2, 0) is 9.30 Å². The molecule has 4 N–H and O–H groups in total. The molecule has 1 saturated heterocycles. The molecule has 1 saturated carbocycles. The van der Waals surface area contributed by atoms with Crippen LogP contribution in [0.25, 0.3) is 11.5 Å². The minimum Gasteiger partial charge on any atom is -0.374 e. The molecule has 2 heterocycles. The van der Waals surface area contributed by atoms with Gasteiger partial charge < -0.3 is 25.2 Å². The molecular formula is C20H29N4O4P. The van der Waals surface area contributed by atoms with Gasteiger partial charge in [0.25, 0.3) is 11.8 Å². The van der Waals surface area contributed by atoms with Crippen LogP contribution in [0.15, 0.2) is 28.8 Å². The van der Waals surface area contributed by atoms with Gasteiger partial charge in [0.15, 0.2) is 0 Å². The van der Waals surface area contributed by atoms with E-state index in [1.165, 1.54) is 19.3 Å². The van der Waals surface area contributed by atoms with Crippen molar-refractivity contribution < 1.29 is 18.7 Å². The van der Waals surface area contributed by atoms with E-state index in [1.54, 1.807) is 0 Å². The Kier molecular flexibility index (Phi) is 6.35. The van der Waals surface area contributed by atoms with Crippen molar-refractivity contribution in [2.45, 2.75) is 44.2 Å². The van der Waals surface area contributed by atoms with Crippen LogP contribution in [-0.4, -0.2) is 46.6 Å². The number of nitrogens with zero attached hydrogens (tertiary/aromatic N) is 2. The quantitative estimate of drug-likeness (QED) is 0.609. The lowest BCUT2D eigenvalue weighted by atomic mass is 9.91. The average molecular weight is 420 g/mol. The van der Waals surface area contributed by atoms with Crippen molar-refractivity contribution in [2.24, 2.45) is 5.92 Å². The Bertz CT molecular complexity index is 860. The molecule has 1 aliphatic carbocycles. The summed E-state index contributed by atoms with van der Waals surface area (Å²) in [5.41, 5.74) is 7.36. The van der Waals surface area contributed by atoms with Gasteiger partial charge in [-0.1, -0.05) is 31.4 Å². The molecule has 0 radical (unpaired) electrons. The fraction of sp³-hybridized carbons (Fsp3) is 0.600. The Balaban J connectivity index is 1.32. The highest BCUT2D eigenvalue weighted by Crippen LogP contribution is 2.46. The highest BCUT2D eigenvalue weighted by atomic mass is 31.2. The fourth-order valence-electron chi connectivity index (χ4n) is 4.36. The van der Waals surface area contributed by atoms with Crippen molar-refractivity contribution in [3.63, 3.8) is 0 Å². The van der Waals surface area contributed by atoms with Crippen LogP contribution in [0.1, 0.15) is 43.7 Å². The molecule has 29 heavy (non-hydrogen) atoms. The molecule has 1 aliphatic heterocycles. The first kappa shape index (κ1) is 20.5. The van der Waals surface area contributed by atoms with Crippen LogP contribution >= 0.6 is 7.37 Å². The minimum atomic E-state index is -3.17. The largest absolute Gasteiger partial charge is 0.374 e. The highest BCUT2D eigenvalue weighted by molar-refractivity contribution is 7.58. The first-order valence-corrected chi connectivity index (χ1v) is 12.4. The van der Waals surface area contributed by atoms with Crippen LogP contribution in [0.4, 0.5) is 5.95 Å². The first-order valence-electron chi connectivity index (χ1n) is 10.3. The van der Waals surface area contributed by atoms with Gasteiger partial charge in [0.1, 0.15) is 0 Å². The average Bonchev–Trinajstić information content (AvgIpc) is 3.15. The minimum absolute atomic E-state index is 0.00268. The second-order valence-electron chi connectivity index (χ2n) is 8.21. The topological polar surface area (TPSA) is 124 Å². The number of aromatic nitrogens is 2. The lowest BCUT2D eigenvalue weighted by molar-refractivity contribution is 0.0156. The van der Waals surface area contributed by atoms with Crippen molar-refractivity contribution >= 4 is 13.3 Å². The van der Waals surface area contributed by atoms with Crippen molar-refractivity contribution in [3.05, 3.63) is 29.8 Å². The maximum Gasteiger partial charge on any atom is 0.261 e. The Hall–Kier alpha value is -1.73. The summed E-state index contributed by atoms with van der Waals surface area (Å²) >= 11 is 0. The number of ether oxygens (including phenoxy) is 1. The number of nitrogens with two attached hydrogens (primary N) is 1. The molecule has 0 amide bonds. The number of nitrogen functional groups attached to an aromatic ring is 1. The smallest absolute Gasteiger partial charge is 0.261 e. The summed E-state index contributed by atoms with van der Waals surface area (Å²) in [6.45, 7) is 1.00. The van der Waals surface area contributed by atoms with Gasteiger partial charge in [-0.3, -0.25) is 4.57 Å². The van der Waals surface area contributed by atoms with Crippen molar-refractivity contribution in [2.75, 3.05) is 31.2 Å². The van der Waals surface area contributed by atoms with Gasteiger partial charge in [-0.05, 0) is 41.6 Å². The van der Waals surface area contributed by atoms with Crippen LogP contribution in [0.5, 0.6) is 0 Å². The van der Waals surface area contributed by atoms with Gasteiger partial charge in [0.2, 0.25) is 7.37 Å². The Morgan fingerprint density at radius 2 is 2.07 bits per heavy atom. The second-order valence-corrected chi connectivity index (χ2v) is 10.6. The molecule has 3 atom stereocenters. The number of benzene rings is 1. The number of rotatable bonds is 6. The van der Waals surface area contributed by atoms with Crippen molar-refractivity contribution in [1.29, 1.82) is 0 Å². The zero-order chi connectivity index (χ0) is 20.3. The van der Waals surface area contributed by atoms with Crippen molar-refractivity contribution in [1.82, 2.24) is 15.5 Å². The maximum atomic E-state index is 12.7. The molecule has 4 rings (SSSR count). The Labute approximate surface area is 170 Å². The van der Waals surface area contributed by atoms with E-state index in [0.717, 1.165) is 24.0 Å². The van der Waals surface area contributed by atoms with Gasteiger partial charge in [-0.2, -0.15) is 4.98 Å². The van der Waals surface area contributed by atoms with Crippen LogP contribution in [0, 0.1) is 5.92 Å². The van der Waals surface area contributed by atoms with E-state index in [4.69, 9.17) is 15.0 Å². The molecule has 1 aromatic carbocycles. The molecular weight excluding hydrogens is 391 g/mol. The molecule has 158 valence electrons. The molecule has 2 aromatic rings. The van der Waals surface area contributed by atoms with Gasteiger partial charge >= 0.3 is 0 Å². The van der Waals surface area contributed by atoms with E-state index in [-0.39, 0.29) is 24.3 Å². The zero-order valence-corrected chi connectivity index (χ0v) is 17.4. The number of hydrogen-bond acceptors (Lipinski definition) is 7. The molecule has 1 aromatic heterocycles. The number of hydrogen-bond donors (Lipinski definition) is 3. The summed E-state index contributed by atoms with van der Waals surface area (Å²) < 4.78 is 23.8. The Morgan fingerprint density at radius 1 is 1.24 bits per heavy atom. The third-order valence-electron chi connectivity index (χ3n) is 5.83. The monoisotopic (exact) mass is 420 g/mol. The summed E-state index contributed by atoms with van der Waals surface area (Å²) in [4.78, 5) is 14.5. The maximum absolute atomic E-state index is 12.7. The lowest BCUT2D eigenvalue weighted by Crippen LogP contribution is -2.43. The molecule has 8 nitrogen and oxygen atoms in total. The third kappa shape index (κ3) is 5.45. The second kappa shape index (κ2) is 8.96. The normalized spacial score (nSPS) is 25.6. The van der Waals surface area contributed by atoms with Gasteiger partial charge in [-0.25, -0.2) is 0 Å². The zero-order valence-electron chi connectivity index (χ0n) is 16.5. The predicted octanol–water partition coefficient (Wildman–Crippen LogP) is 3.20. The van der Waals surface area contributed by atoms with Crippen LogP contribution in [0.3, 0.4) is 0 Å². The summed E-state index contributed by atoms with van der Waals surface area (Å²) in [5.74, 6) is 0.877. The summed E-state index contributed by atoms with van der Waals surface area (Å²) in [6.07, 6.45) is 6.22. The van der Waals surface area contributed by atoms with Crippen LogP contribution in [0.2, 0.25) is 0 Å². The number of anilines is 1. The van der Waals surface area contributed by atoms with E-state index in [2.05, 4.69) is 15.5 Å². The Morgan fingerprint density at radius 3 is 2.76 bits per heavy atom. The van der Waals surface area contributed by atoms with E-state index >= 15 is 0 Å². The van der Waals surface area contributed by atoms with Gasteiger partial charge in [0.05, 0.1) is 24.9 Å². The van der Waals surface area contributed by atoms with Gasteiger partial charge in [0, 0.05) is 18.3 Å². The molecule has 2 fully saturated rings. The van der Waals surface area contributed by atoms with E-state index in [1.807, 2.05) is 24.3 Å². The third-order valence-corrected chi connectivity index (χ3v) is 7.89. The predicted molar refractivity (Wildman–Crippen MR) is 111 cm³/mol. The lowest BCUT2D eigenvalue weighted by Gasteiger charge is -2.32. The van der Waals surface area contributed by atoms with Crippen molar-refractivity contribution in [3.8, 4) is 11.5 Å².